The molecule has 12 unspecified atom stereocenters. The van der Waals surface area contributed by atoms with Crippen LogP contribution in [0.3, 0.4) is 0 Å². The summed E-state index contributed by atoms with van der Waals surface area (Å²) in [7, 11) is 3.75. The standard InChI is InChI=1S/C32H56NO8P/c1-13-24-31(9,36)15-18(4)26(34)19(5)16-32(10,37)28(21(7)25(17(2)3)22(8)29(35)40-24)41-30-27(42-38)23(33(11)12)14-20(6)39-30/h15,17,19-25,27-28,30,36-37H,13-14,16H2,1-12H3/b18-15+. The van der Waals surface area contributed by atoms with Crippen LogP contribution in [-0.4, -0.2) is 88.5 Å². The molecule has 2 N–H and O–H groups in total. The number of carbonyl (C=O) groups excluding carboxylic acids is 2. The van der Waals surface area contributed by atoms with E-state index in [0.717, 1.165) is 0 Å². The molecule has 2 aliphatic heterocycles. The molecule has 9 nitrogen and oxygen atoms in total. The average molecular weight is 614 g/mol. The third-order valence-electron chi connectivity index (χ3n) is 9.44. The maximum absolute atomic E-state index is 13.6. The summed E-state index contributed by atoms with van der Waals surface area (Å²) in [5.74, 6) is -2.56. The number of allylic oxidation sites excluding steroid dienone is 1. The number of hydrogen-bond acceptors (Lipinski definition) is 9. The van der Waals surface area contributed by atoms with Gasteiger partial charge in [-0.25, -0.2) is 0 Å². The summed E-state index contributed by atoms with van der Waals surface area (Å²) in [6.07, 6.45) is -0.165. The number of ether oxygens (including phenoxy) is 3. The van der Waals surface area contributed by atoms with Gasteiger partial charge >= 0.3 is 5.97 Å². The molecule has 1 saturated heterocycles. The summed E-state index contributed by atoms with van der Waals surface area (Å²) >= 11 is 0. The van der Waals surface area contributed by atoms with Crippen molar-refractivity contribution in [3.05, 3.63) is 11.6 Å². The minimum atomic E-state index is -1.55. The van der Waals surface area contributed by atoms with Crippen molar-refractivity contribution in [3.63, 3.8) is 0 Å². The summed E-state index contributed by atoms with van der Waals surface area (Å²) in [5.41, 5.74) is -3.24. The van der Waals surface area contributed by atoms with Gasteiger partial charge in [0.1, 0.15) is 17.4 Å². The summed E-state index contributed by atoms with van der Waals surface area (Å²) < 4.78 is 31.3. The third-order valence-corrected chi connectivity index (χ3v) is 10.3. The van der Waals surface area contributed by atoms with E-state index in [9.17, 15) is 24.4 Å². The molecule has 0 spiro atoms. The van der Waals surface area contributed by atoms with E-state index in [0.29, 0.717) is 18.4 Å². The van der Waals surface area contributed by atoms with E-state index in [1.54, 1.807) is 27.7 Å². The van der Waals surface area contributed by atoms with Crippen LogP contribution in [0, 0.1) is 29.6 Å². The second kappa shape index (κ2) is 14.7. The molecule has 0 aromatic heterocycles. The van der Waals surface area contributed by atoms with Crippen LogP contribution in [0.25, 0.3) is 0 Å². The van der Waals surface area contributed by atoms with Crippen LogP contribution in [0.2, 0.25) is 0 Å². The second-order valence-corrected chi connectivity index (χ2v) is 14.7. The van der Waals surface area contributed by atoms with Crippen molar-refractivity contribution in [2.24, 2.45) is 29.6 Å². The van der Waals surface area contributed by atoms with E-state index >= 15 is 0 Å². The fourth-order valence-electron chi connectivity index (χ4n) is 7.44. The van der Waals surface area contributed by atoms with Gasteiger partial charge in [0.2, 0.25) is 0 Å². The average Bonchev–Trinajstić information content (AvgIpc) is 2.87. The number of carbonyl (C=O) groups is 2. The Hall–Kier alpha value is -1.22. The Kier molecular flexibility index (Phi) is 12.9. The Bertz CT molecular complexity index is 980. The lowest BCUT2D eigenvalue weighted by atomic mass is 9.69. The molecule has 12 atom stereocenters. The first kappa shape index (κ1) is 37.0. The molecule has 2 rings (SSSR count). The van der Waals surface area contributed by atoms with Crippen LogP contribution in [0.15, 0.2) is 11.6 Å². The molecular formula is C32H56NO8P. The fourth-order valence-corrected chi connectivity index (χ4v) is 8.21. The fraction of sp³-hybridized carbons (Fsp3) is 0.875. The summed E-state index contributed by atoms with van der Waals surface area (Å²) in [6.45, 7) is 18.2. The van der Waals surface area contributed by atoms with Crippen LogP contribution in [0.1, 0.15) is 88.5 Å². The van der Waals surface area contributed by atoms with Gasteiger partial charge in [-0.15, -0.1) is 0 Å². The number of hydrogen-bond donors (Lipinski definition) is 2. The molecule has 242 valence electrons. The Morgan fingerprint density at radius 1 is 1.14 bits per heavy atom. The first-order valence-corrected chi connectivity index (χ1v) is 16.4. The molecule has 0 bridgehead atoms. The molecule has 0 aromatic rings. The van der Waals surface area contributed by atoms with E-state index in [1.165, 1.54) is 6.08 Å². The van der Waals surface area contributed by atoms with Gasteiger partial charge in [0, 0.05) is 12.0 Å². The number of ketones is 1. The van der Waals surface area contributed by atoms with Gasteiger partial charge < -0.3 is 29.3 Å². The monoisotopic (exact) mass is 613 g/mol. The third kappa shape index (κ3) is 8.48. The minimum Gasteiger partial charge on any atom is -0.459 e. The molecule has 0 radical (unpaired) electrons. The molecule has 0 aromatic carbocycles. The molecule has 0 aliphatic carbocycles. The minimum absolute atomic E-state index is 0.00621. The van der Waals surface area contributed by atoms with E-state index in [4.69, 9.17) is 14.2 Å². The zero-order chi connectivity index (χ0) is 32.3. The summed E-state index contributed by atoms with van der Waals surface area (Å²) in [6, 6.07) is -0.0708. The highest BCUT2D eigenvalue weighted by Gasteiger charge is 2.50. The highest BCUT2D eigenvalue weighted by molar-refractivity contribution is 7.24. The molecule has 0 saturated carbocycles. The Morgan fingerprint density at radius 3 is 2.24 bits per heavy atom. The van der Waals surface area contributed by atoms with E-state index in [1.807, 2.05) is 60.5 Å². The summed E-state index contributed by atoms with van der Waals surface area (Å²) in [4.78, 5) is 29.1. The number of Topliss-reactive ketones (excluding diaryl/α,β-unsaturated/α-hetero) is 1. The number of nitrogens with zero attached hydrogens (tertiary/aromatic N) is 1. The van der Waals surface area contributed by atoms with Gasteiger partial charge in [0.25, 0.3) is 0 Å². The van der Waals surface area contributed by atoms with Crippen LogP contribution in [0.5, 0.6) is 0 Å². The van der Waals surface area contributed by atoms with Gasteiger partial charge in [-0.3, -0.25) is 14.2 Å². The van der Waals surface area contributed by atoms with Crippen molar-refractivity contribution in [2.45, 2.75) is 136 Å². The second-order valence-electron chi connectivity index (χ2n) is 13.9. The molecule has 2 aliphatic rings. The summed E-state index contributed by atoms with van der Waals surface area (Å²) in [5, 5.41) is 23.4. The first-order chi connectivity index (χ1) is 19.3. The van der Waals surface area contributed by atoms with Gasteiger partial charge in [0.05, 0.1) is 23.7 Å². The molecular weight excluding hydrogens is 557 g/mol. The maximum Gasteiger partial charge on any atom is 0.309 e. The van der Waals surface area contributed by atoms with E-state index in [2.05, 4.69) is 0 Å². The van der Waals surface area contributed by atoms with Gasteiger partial charge in [-0.2, -0.15) is 0 Å². The van der Waals surface area contributed by atoms with Crippen molar-refractivity contribution in [1.29, 1.82) is 0 Å². The number of aliphatic hydroxyl groups is 2. The van der Waals surface area contributed by atoms with Crippen molar-refractivity contribution >= 4 is 20.2 Å². The molecule has 42 heavy (non-hydrogen) atoms. The van der Waals surface area contributed by atoms with Crippen LogP contribution in [-0.2, 0) is 28.4 Å². The zero-order valence-corrected chi connectivity index (χ0v) is 28.7. The van der Waals surface area contributed by atoms with Crippen molar-refractivity contribution in [1.82, 2.24) is 4.90 Å². The van der Waals surface area contributed by atoms with Gasteiger partial charge in [-0.1, -0.05) is 41.5 Å². The lowest BCUT2D eigenvalue weighted by Crippen LogP contribution is -2.57. The van der Waals surface area contributed by atoms with Gasteiger partial charge in [-0.05, 0) is 90.5 Å². The predicted molar refractivity (Wildman–Crippen MR) is 163 cm³/mol. The number of esters is 1. The Labute approximate surface area is 254 Å². The van der Waals surface area contributed by atoms with E-state index in [-0.39, 0.29) is 44.6 Å². The van der Waals surface area contributed by atoms with Crippen LogP contribution >= 0.6 is 8.46 Å². The van der Waals surface area contributed by atoms with Crippen LogP contribution in [0.4, 0.5) is 0 Å². The number of rotatable bonds is 6. The Morgan fingerprint density at radius 2 is 1.74 bits per heavy atom. The van der Waals surface area contributed by atoms with E-state index < -0.39 is 59.1 Å². The quantitative estimate of drug-likeness (QED) is 0.314. The molecule has 10 heteroatoms. The molecule has 1 fully saturated rings. The normalized spacial score (nSPS) is 44.5. The lowest BCUT2D eigenvalue weighted by Gasteiger charge is -2.47. The highest BCUT2D eigenvalue weighted by Crippen LogP contribution is 2.42. The first-order valence-electron chi connectivity index (χ1n) is 15.5. The predicted octanol–water partition coefficient (Wildman–Crippen LogP) is 5.02. The zero-order valence-electron chi connectivity index (χ0n) is 27.8. The maximum atomic E-state index is 13.6. The van der Waals surface area contributed by atoms with Crippen LogP contribution < -0.4 is 0 Å². The van der Waals surface area contributed by atoms with Crippen molar-refractivity contribution < 1.29 is 38.6 Å². The molecule has 0 amide bonds. The number of cyclic esters (lactones) is 1. The SMILES string of the molecule is CCC1OC(=O)C(C)C(C(C)C)C(C)C(OC2OC(C)CC(N(C)C)C2P=O)C(C)(O)CC(C)C(=O)/C(C)=C/C1(C)O. The Balaban J connectivity index is 2.69. The highest BCUT2D eigenvalue weighted by atomic mass is 31.1. The van der Waals surface area contributed by atoms with Crippen molar-refractivity contribution in [3.8, 4) is 0 Å². The topological polar surface area (TPSA) is 123 Å². The molecule has 2 heterocycles. The van der Waals surface area contributed by atoms with Gasteiger partial charge in [0.15, 0.2) is 20.5 Å². The van der Waals surface area contributed by atoms with Crippen molar-refractivity contribution in [2.75, 3.05) is 14.1 Å². The lowest BCUT2D eigenvalue weighted by molar-refractivity contribution is -0.263. The smallest absolute Gasteiger partial charge is 0.309 e. The largest absolute Gasteiger partial charge is 0.459 e.